The van der Waals surface area contributed by atoms with Gasteiger partial charge in [0.1, 0.15) is 5.60 Å². The zero-order valence-corrected chi connectivity index (χ0v) is 17.2. The molecule has 4 aliphatic rings. The lowest BCUT2D eigenvalue weighted by molar-refractivity contribution is -0.150. The van der Waals surface area contributed by atoms with Gasteiger partial charge in [-0.3, -0.25) is 19.2 Å². The van der Waals surface area contributed by atoms with Gasteiger partial charge in [-0.1, -0.05) is 19.3 Å². The highest BCUT2D eigenvalue weighted by atomic mass is 16.6. The highest BCUT2D eigenvalue weighted by Crippen LogP contribution is 2.45. The van der Waals surface area contributed by atoms with Crippen LogP contribution in [0.4, 0.5) is 0 Å². The molecule has 1 N–H and O–H groups in total. The van der Waals surface area contributed by atoms with Crippen LogP contribution in [0.15, 0.2) is 6.07 Å². The normalized spacial score (nSPS) is 27.2. The standard InChI is InChI=1S/C22H32N4O3/c27-20-13-19(22(29-20)8-4-5-9-22)21(28)23-14-16-12-18-15-25(10-11-26(18)24-16)17-6-2-1-3-7-17/h12,17,19H,1-11,13-15H2,(H,23,28). The van der Waals surface area contributed by atoms with Crippen LogP contribution in [0.25, 0.3) is 0 Å². The average Bonchev–Trinajstić information content (AvgIpc) is 3.45. The Kier molecular flexibility index (Phi) is 5.10. The van der Waals surface area contributed by atoms with Gasteiger partial charge in [0.25, 0.3) is 0 Å². The molecule has 7 heteroatoms. The maximum absolute atomic E-state index is 12.8. The summed E-state index contributed by atoms with van der Waals surface area (Å²) < 4.78 is 7.70. The quantitative estimate of drug-likeness (QED) is 0.786. The van der Waals surface area contributed by atoms with Crippen LogP contribution in [0.2, 0.25) is 0 Å². The first-order valence-corrected chi connectivity index (χ1v) is 11.4. The molecule has 3 fully saturated rings. The van der Waals surface area contributed by atoms with E-state index in [1.165, 1.54) is 37.8 Å². The number of hydrogen-bond acceptors (Lipinski definition) is 5. The van der Waals surface area contributed by atoms with Crippen molar-refractivity contribution in [2.75, 3.05) is 6.54 Å². The molecular formula is C22H32N4O3. The van der Waals surface area contributed by atoms with E-state index in [1.807, 2.05) is 0 Å². The lowest BCUT2D eigenvalue weighted by Crippen LogP contribution is -2.42. The van der Waals surface area contributed by atoms with Crippen molar-refractivity contribution in [3.63, 3.8) is 0 Å². The minimum Gasteiger partial charge on any atom is -0.458 e. The number of ether oxygens (including phenoxy) is 1. The number of nitrogens with one attached hydrogen (secondary N) is 1. The maximum Gasteiger partial charge on any atom is 0.307 e. The van der Waals surface area contributed by atoms with Gasteiger partial charge in [-0.15, -0.1) is 0 Å². The summed E-state index contributed by atoms with van der Waals surface area (Å²) in [6.07, 6.45) is 10.6. The average molecular weight is 401 g/mol. The van der Waals surface area contributed by atoms with Crippen molar-refractivity contribution in [1.82, 2.24) is 20.0 Å². The van der Waals surface area contributed by atoms with E-state index in [9.17, 15) is 9.59 Å². The molecule has 1 aromatic rings. The summed E-state index contributed by atoms with van der Waals surface area (Å²) in [7, 11) is 0. The number of carbonyl (C=O) groups excluding carboxylic acids is 2. The molecule has 1 spiro atoms. The highest BCUT2D eigenvalue weighted by Gasteiger charge is 2.53. The van der Waals surface area contributed by atoms with Crippen LogP contribution < -0.4 is 5.32 Å². The fourth-order valence-electron chi connectivity index (χ4n) is 5.94. The van der Waals surface area contributed by atoms with Crippen molar-refractivity contribution >= 4 is 11.9 Å². The first kappa shape index (κ1) is 19.1. The van der Waals surface area contributed by atoms with E-state index in [2.05, 4.69) is 21.0 Å². The number of carbonyl (C=O) groups is 2. The molecule has 1 saturated heterocycles. The van der Waals surface area contributed by atoms with Gasteiger partial charge in [-0.2, -0.15) is 5.10 Å². The Morgan fingerprint density at radius 1 is 1.17 bits per heavy atom. The molecule has 7 nitrogen and oxygen atoms in total. The van der Waals surface area contributed by atoms with Crippen LogP contribution in [-0.4, -0.2) is 44.7 Å². The molecule has 1 aromatic heterocycles. The summed E-state index contributed by atoms with van der Waals surface area (Å²) in [6.45, 7) is 3.37. The van der Waals surface area contributed by atoms with Crippen molar-refractivity contribution in [2.24, 2.45) is 5.92 Å². The first-order chi connectivity index (χ1) is 14.1. The van der Waals surface area contributed by atoms with Crippen LogP contribution in [0.3, 0.4) is 0 Å². The summed E-state index contributed by atoms with van der Waals surface area (Å²) in [5.41, 5.74) is 1.61. The molecular weight excluding hydrogens is 368 g/mol. The van der Waals surface area contributed by atoms with E-state index < -0.39 is 5.60 Å². The highest BCUT2D eigenvalue weighted by molar-refractivity contribution is 5.87. The third-order valence-electron chi connectivity index (χ3n) is 7.50. The van der Waals surface area contributed by atoms with Crippen molar-refractivity contribution < 1.29 is 14.3 Å². The van der Waals surface area contributed by atoms with E-state index in [4.69, 9.17) is 9.84 Å². The summed E-state index contributed by atoms with van der Waals surface area (Å²) >= 11 is 0. The molecule has 2 aliphatic carbocycles. The van der Waals surface area contributed by atoms with Gasteiger partial charge >= 0.3 is 5.97 Å². The third kappa shape index (κ3) is 3.69. The van der Waals surface area contributed by atoms with Crippen LogP contribution >= 0.6 is 0 Å². The lowest BCUT2D eigenvalue weighted by atomic mass is 9.85. The minimum absolute atomic E-state index is 0.0624. The van der Waals surface area contributed by atoms with Crippen molar-refractivity contribution in [3.05, 3.63) is 17.5 Å². The van der Waals surface area contributed by atoms with Gasteiger partial charge in [0.15, 0.2) is 0 Å². The largest absolute Gasteiger partial charge is 0.458 e. The molecule has 3 heterocycles. The Bertz CT molecular complexity index is 777. The first-order valence-electron chi connectivity index (χ1n) is 11.4. The summed E-state index contributed by atoms with van der Waals surface area (Å²) in [5.74, 6) is -0.642. The second kappa shape index (κ2) is 7.74. The Morgan fingerprint density at radius 2 is 1.97 bits per heavy atom. The smallest absolute Gasteiger partial charge is 0.307 e. The number of amides is 1. The van der Waals surface area contributed by atoms with Crippen LogP contribution in [-0.2, 0) is 34.0 Å². The topological polar surface area (TPSA) is 76.5 Å². The van der Waals surface area contributed by atoms with Gasteiger partial charge in [0, 0.05) is 19.1 Å². The van der Waals surface area contributed by atoms with E-state index in [0.29, 0.717) is 6.54 Å². The molecule has 1 unspecified atom stereocenters. The third-order valence-corrected chi connectivity index (χ3v) is 7.50. The molecule has 0 aromatic carbocycles. The molecule has 1 atom stereocenters. The van der Waals surface area contributed by atoms with E-state index in [0.717, 1.165) is 57.1 Å². The molecule has 2 aliphatic heterocycles. The van der Waals surface area contributed by atoms with Gasteiger partial charge in [-0.05, 0) is 44.6 Å². The zero-order chi connectivity index (χ0) is 19.8. The lowest BCUT2D eigenvalue weighted by Gasteiger charge is -2.36. The van der Waals surface area contributed by atoms with Crippen molar-refractivity contribution in [2.45, 2.75) is 95.5 Å². The van der Waals surface area contributed by atoms with Crippen LogP contribution in [0, 0.1) is 5.92 Å². The zero-order valence-electron chi connectivity index (χ0n) is 17.2. The number of hydrogen-bond donors (Lipinski definition) is 1. The predicted octanol–water partition coefficient (Wildman–Crippen LogP) is 2.52. The molecule has 158 valence electrons. The Labute approximate surface area is 172 Å². The van der Waals surface area contributed by atoms with Gasteiger partial charge in [-0.25, -0.2) is 0 Å². The number of aromatic nitrogens is 2. The van der Waals surface area contributed by atoms with Crippen LogP contribution in [0.5, 0.6) is 0 Å². The number of nitrogens with zero attached hydrogens (tertiary/aromatic N) is 3. The second-order valence-electron chi connectivity index (χ2n) is 9.33. The van der Waals surface area contributed by atoms with E-state index in [1.54, 1.807) is 0 Å². The van der Waals surface area contributed by atoms with Gasteiger partial charge in [0.2, 0.25) is 5.91 Å². The molecule has 0 bridgehead atoms. The fourth-order valence-corrected chi connectivity index (χ4v) is 5.94. The molecule has 2 saturated carbocycles. The Balaban J connectivity index is 1.20. The fraction of sp³-hybridized carbons (Fsp3) is 0.773. The summed E-state index contributed by atoms with van der Waals surface area (Å²) in [4.78, 5) is 27.3. The van der Waals surface area contributed by atoms with E-state index in [-0.39, 0.29) is 24.2 Å². The maximum atomic E-state index is 12.8. The number of esters is 1. The minimum atomic E-state index is -0.547. The van der Waals surface area contributed by atoms with Crippen molar-refractivity contribution in [3.8, 4) is 0 Å². The number of rotatable bonds is 4. The SMILES string of the molecule is O=C1CC(C(=O)NCc2cc3n(n2)CCN(C2CCCCC2)C3)C2(CCCC2)O1. The monoisotopic (exact) mass is 400 g/mol. The molecule has 1 amide bonds. The molecule has 5 rings (SSSR count). The molecule has 29 heavy (non-hydrogen) atoms. The van der Waals surface area contributed by atoms with Crippen LogP contribution in [0.1, 0.15) is 75.6 Å². The summed E-state index contributed by atoms with van der Waals surface area (Å²) in [5, 5.41) is 7.75. The Morgan fingerprint density at radius 3 is 2.76 bits per heavy atom. The predicted molar refractivity (Wildman–Crippen MR) is 107 cm³/mol. The van der Waals surface area contributed by atoms with Gasteiger partial charge in [0.05, 0.1) is 36.8 Å². The van der Waals surface area contributed by atoms with Gasteiger partial charge < -0.3 is 10.1 Å². The van der Waals surface area contributed by atoms with E-state index >= 15 is 0 Å². The van der Waals surface area contributed by atoms with Crippen molar-refractivity contribution in [1.29, 1.82) is 0 Å². The summed E-state index contributed by atoms with van der Waals surface area (Å²) in [6, 6.07) is 2.86. The molecule has 0 radical (unpaired) electrons. The Hall–Kier alpha value is -1.89. The number of fused-ring (bicyclic) bond motifs is 1. The second-order valence-corrected chi connectivity index (χ2v) is 9.33.